The molecule has 2 aromatic carbocycles. The number of nitro benzene ring substituents is 1. The number of rotatable bonds is 6. The van der Waals surface area contributed by atoms with Gasteiger partial charge < -0.3 is 14.8 Å². The molecule has 0 amide bonds. The summed E-state index contributed by atoms with van der Waals surface area (Å²) in [5.41, 5.74) is 0.629. The Balaban J connectivity index is 2.29. The maximum atomic E-state index is 13.5. The van der Waals surface area contributed by atoms with Gasteiger partial charge in [0.2, 0.25) is 0 Å². The normalized spacial score (nSPS) is 10.1. The van der Waals surface area contributed by atoms with E-state index >= 15 is 0 Å². The van der Waals surface area contributed by atoms with Crippen molar-refractivity contribution in [2.75, 3.05) is 19.5 Å². The van der Waals surface area contributed by atoms with Crippen LogP contribution in [0.15, 0.2) is 36.4 Å². The van der Waals surface area contributed by atoms with E-state index in [-0.39, 0.29) is 23.5 Å². The molecule has 0 spiro atoms. The number of carbonyl (C=O) groups excluding carboxylic acids is 1. The number of hydrogen-bond acceptors (Lipinski definition) is 6. The molecule has 0 unspecified atom stereocenters. The molecule has 0 radical (unpaired) electrons. The number of hydrogen-bond donors (Lipinski definition) is 1. The van der Waals surface area contributed by atoms with Crippen molar-refractivity contribution in [3.05, 3.63) is 63.5 Å². The van der Waals surface area contributed by atoms with E-state index in [0.29, 0.717) is 11.3 Å². The van der Waals surface area contributed by atoms with E-state index in [2.05, 4.69) is 10.1 Å². The third kappa shape index (κ3) is 3.97. The van der Waals surface area contributed by atoms with E-state index in [4.69, 9.17) is 4.74 Å². The van der Waals surface area contributed by atoms with Crippen LogP contribution in [0.25, 0.3) is 0 Å². The van der Waals surface area contributed by atoms with Crippen LogP contribution in [0.5, 0.6) is 5.75 Å². The zero-order valence-electron chi connectivity index (χ0n) is 13.0. The van der Waals surface area contributed by atoms with Crippen LogP contribution in [-0.4, -0.2) is 25.1 Å². The topological polar surface area (TPSA) is 90.7 Å². The van der Waals surface area contributed by atoms with Crippen molar-refractivity contribution in [1.29, 1.82) is 0 Å². The number of ether oxygens (including phenoxy) is 2. The molecular weight excluding hydrogens is 319 g/mol. The van der Waals surface area contributed by atoms with Crippen molar-refractivity contribution < 1.29 is 23.6 Å². The lowest BCUT2D eigenvalue weighted by atomic mass is 10.1. The second-order valence-electron chi connectivity index (χ2n) is 4.83. The van der Waals surface area contributed by atoms with Gasteiger partial charge in [0.15, 0.2) is 0 Å². The Morgan fingerprint density at radius 3 is 2.62 bits per heavy atom. The number of nitrogens with zero attached hydrogens (tertiary/aromatic N) is 1. The number of methoxy groups -OCH3 is 2. The Hall–Kier alpha value is -3.16. The summed E-state index contributed by atoms with van der Waals surface area (Å²) in [7, 11) is 2.63. The van der Waals surface area contributed by atoms with Crippen molar-refractivity contribution in [1.82, 2.24) is 0 Å². The molecule has 2 rings (SSSR count). The van der Waals surface area contributed by atoms with Gasteiger partial charge >= 0.3 is 5.97 Å². The maximum absolute atomic E-state index is 13.5. The second kappa shape index (κ2) is 7.40. The average Bonchev–Trinajstić information content (AvgIpc) is 2.58. The summed E-state index contributed by atoms with van der Waals surface area (Å²) in [5.74, 6) is -0.756. The summed E-state index contributed by atoms with van der Waals surface area (Å²) in [6.45, 7) is 0.111. The Morgan fingerprint density at radius 1 is 1.25 bits per heavy atom. The van der Waals surface area contributed by atoms with Gasteiger partial charge in [0.25, 0.3) is 5.69 Å². The Kier molecular flexibility index (Phi) is 5.31. The van der Waals surface area contributed by atoms with Crippen molar-refractivity contribution in [2.45, 2.75) is 6.54 Å². The van der Waals surface area contributed by atoms with Crippen LogP contribution in [0.3, 0.4) is 0 Å². The smallest absolute Gasteiger partial charge is 0.337 e. The molecule has 0 aliphatic heterocycles. The van der Waals surface area contributed by atoms with Crippen LogP contribution in [-0.2, 0) is 11.3 Å². The van der Waals surface area contributed by atoms with E-state index in [9.17, 15) is 19.3 Å². The molecule has 1 N–H and O–H groups in total. The van der Waals surface area contributed by atoms with E-state index in [0.717, 1.165) is 0 Å². The average molecular weight is 334 g/mol. The SMILES string of the molecule is COC(=O)c1ccc([N+](=O)[O-])c(NCc2cc(F)cc(OC)c2)c1. The molecule has 0 aromatic heterocycles. The summed E-state index contributed by atoms with van der Waals surface area (Å²) in [4.78, 5) is 22.1. The lowest BCUT2D eigenvalue weighted by molar-refractivity contribution is -0.384. The number of nitro groups is 1. The number of halogens is 1. The molecule has 2 aromatic rings. The lowest BCUT2D eigenvalue weighted by Crippen LogP contribution is -2.07. The van der Waals surface area contributed by atoms with Gasteiger partial charge in [-0.2, -0.15) is 0 Å². The molecule has 0 bridgehead atoms. The zero-order valence-corrected chi connectivity index (χ0v) is 13.0. The molecule has 126 valence electrons. The van der Waals surface area contributed by atoms with Crippen molar-refractivity contribution in [3.8, 4) is 5.75 Å². The summed E-state index contributed by atoms with van der Waals surface area (Å²) in [6.07, 6.45) is 0. The standard InChI is InChI=1S/C16H15FN2O5/c1-23-13-6-10(5-12(17)8-13)9-18-14-7-11(16(20)24-2)3-4-15(14)19(21)22/h3-8,18H,9H2,1-2H3. The number of esters is 1. The van der Waals surface area contributed by atoms with E-state index < -0.39 is 16.7 Å². The zero-order chi connectivity index (χ0) is 17.7. The van der Waals surface area contributed by atoms with Crippen molar-refractivity contribution in [2.24, 2.45) is 0 Å². The van der Waals surface area contributed by atoms with Gasteiger partial charge in [-0.15, -0.1) is 0 Å². The highest BCUT2D eigenvalue weighted by Crippen LogP contribution is 2.27. The van der Waals surface area contributed by atoms with Crippen LogP contribution in [0, 0.1) is 15.9 Å². The first-order valence-electron chi connectivity index (χ1n) is 6.88. The highest BCUT2D eigenvalue weighted by atomic mass is 19.1. The summed E-state index contributed by atoms with van der Waals surface area (Å²) < 4.78 is 23.1. The molecular formula is C16H15FN2O5. The van der Waals surface area contributed by atoms with Gasteiger partial charge in [-0.05, 0) is 29.8 Å². The highest BCUT2D eigenvalue weighted by molar-refractivity contribution is 5.91. The largest absolute Gasteiger partial charge is 0.497 e. The Morgan fingerprint density at radius 2 is 2.00 bits per heavy atom. The molecule has 0 saturated heterocycles. The molecule has 0 heterocycles. The maximum Gasteiger partial charge on any atom is 0.337 e. The predicted molar refractivity (Wildman–Crippen MR) is 84.7 cm³/mol. The van der Waals surface area contributed by atoms with Crippen LogP contribution >= 0.6 is 0 Å². The fourth-order valence-electron chi connectivity index (χ4n) is 2.12. The fraction of sp³-hybridized carbons (Fsp3) is 0.188. The number of benzene rings is 2. The minimum Gasteiger partial charge on any atom is -0.497 e. The van der Waals surface area contributed by atoms with Crippen molar-refractivity contribution >= 4 is 17.3 Å². The summed E-state index contributed by atoms with van der Waals surface area (Å²) >= 11 is 0. The molecule has 0 atom stereocenters. The first-order chi connectivity index (χ1) is 11.4. The van der Waals surface area contributed by atoms with E-state index in [1.165, 1.54) is 44.6 Å². The van der Waals surface area contributed by atoms with Crippen LogP contribution in [0.2, 0.25) is 0 Å². The van der Waals surface area contributed by atoms with Crippen LogP contribution < -0.4 is 10.1 Å². The van der Waals surface area contributed by atoms with E-state index in [1.54, 1.807) is 6.07 Å². The third-order valence-corrected chi connectivity index (χ3v) is 3.26. The minimum absolute atomic E-state index is 0.111. The highest BCUT2D eigenvalue weighted by Gasteiger charge is 2.17. The Bertz CT molecular complexity index is 779. The predicted octanol–water partition coefficient (Wildman–Crippen LogP) is 3.14. The van der Waals surface area contributed by atoms with Gasteiger partial charge in [0.05, 0.1) is 24.7 Å². The van der Waals surface area contributed by atoms with Crippen LogP contribution in [0.4, 0.5) is 15.8 Å². The monoisotopic (exact) mass is 334 g/mol. The minimum atomic E-state index is -0.611. The molecule has 0 aliphatic carbocycles. The van der Waals surface area contributed by atoms with Gasteiger partial charge in [-0.25, -0.2) is 9.18 Å². The van der Waals surface area contributed by atoms with Crippen LogP contribution in [0.1, 0.15) is 15.9 Å². The number of nitrogens with one attached hydrogen (secondary N) is 1. The molecule has 0 saturated carbocycles. The molecule has 0 fully saturated rings. The first-order valence-corrected chi connectivity index (χ1v) is 6.88. The van der Waals surface area contributed by atoms with Gasteiger partial charge in [0.1, 0.15) is 17.3 Å². The van der Waals surface area contributed by atoms with Gasteiger partial charge in [0, 0.05) is 18.7 Å². The quantitative estimate of drug-likeness (QED) is 0.496. The Labute approximate surface area is 137 Å². The van der Waals surface area contributed by atoms with E-state index in [1.807, 2.05) is 0 Å². The lowest BCUT2D eigenvalue weighted by Gasteiger charge is -2.10. The molecule has 0 aliphatic rings. The number of anilines is 1. The fourth-order valence-corrected chi connectivity index (χ4v) is 2.12. The molecule has 8 heteroatoms. The summed E-state index contributed by atoms with van der Waals surface area (Å²) in [5, 5.41) is 13.9. The van der Waals surface area contributed by atoms with Gasteiger partial charge in [-0.1, -0.05) is 0 Å². The molecule has 7 nitrogen and oxygen atoms in total. The van der Waals surface area contributed by atoms with Crippen molar-refractivity contribution in [3.63, 3.8) is 0 Å². The second-order valence-corrected chi connectivity index (χ2v) is 4.83. The number of carbonyl (C=O) groups is 1. The third-order valence-electron chi connectivity index (χ3n) is 3.26. The van der Waals surface area contributed by atoms with Gasteiger partial charge in [-0.3, -0.25) is 10.1 Å². The first kappa shape index (κ1) is 17.2. The molecule has 24 heavy (non-hydrogen) atoms. The summed E-state index contributed by atoms with van der Waals surface area (Å²) in [6, 6.07) is 7.95.